The van der Waals surface area contributed by atoms with Gasteiger partial charge in [0.15, 0.2) is 0 Å². The van der Waals surface area contributed by atoms with Crippen LogP contribution in [0, 0.1) is 0 Å². The number of rotatable bonds is 5. The molecule has 0 saturated heterocycles. The molecule has 0 bridgehead atoms. The monoisotopic (exact) mass is 278 g/mol. The summed E-state index contributed by atoms with van der Waals surface area (Å²) in [6, 6.07) is 4.86. The van der Waals surface area contributed by atoms with Gasteiger partial charge in [0.2, 0.25) is 0 Å². The van der Waals surface area contributed by atoms with Crippen molar-refractivity contribution in [2.45, 2.75) is 13.0 Å². The van der Waals surface area contributed by atoms with Crippen LogP contribution in [0.25, 0.3) is 0 Å². The van der Waals surface area contributed by atoms with E-state index in [1.165, 1.54) is 0 Å². The van der Waals surface area contributed by atoms with Crippen LogP contribution in [0.3, 0.4) is 0 Å². The molecule has 1 aromatic heterocycles. The van der Waals surface area contributed by atoms with Gasteiger partial charge in [-0.25, -0.2) is 4.98 Å². The highest BCUT2D eigenvalue weighted by Gasteiger charge is 2.06. The van der Waals surface area contributed by atoms with Crippen LogP contribution < -0.4 is 11.1 Å². The molecule has 0 aliphatic rings. The van der Waals surface area contributed by atoms with Crippen molar-refractivity contribution in [1.82, 2.24) is 14.9 Å². The molecule has 0 unspecified atom stereocenters. The number of nitrogens with one attached hydrogen (secondary N) is 1. The molecule has 0 radical (unpaired) electrons. The van der Waals surface area contributed by atoms with Crippen LogP contribution in [-0.4, -0.2) is 22.0 Å². The fourth-order valence-corrected chi connectivity index (χ4v) is 1.83. The van der Waals surface area contributed by atoms with E-state index in [-0.39, 0.29) is 5.91 Å². The van der Waals surface area contributed by atoms with Gasteiger partial charge in [0.1, 0.15) is 0 Å². The number of hydrogen-bond donors (Lipinski definition) is 2. The molecule has 3 N–H and O–H groups in total. The van der Waals surface area contributed by atoms with Crippen molar-refractivity contribution in [3.63, 3.8) is 0 Å². The highest BCUT2D eigenvalue weighted by Crippen LogP contribution is 2.19. The first-order valence-corrected chi connectivity index (χ1v) is 6.33. The van der Waals surface area contributed by atoms with Crippen molar-refractivity contribution in [1.29, 1.82) is 0 Å². The van der Waals surface area contributed by atoms with Gasteiger partial charge in [0.05, 0.1) is 17.0 Å². The number of benzene rings is 1. The Kier molecular flexibility index (Phi) is 4.41. The third-order valence-corrected chi connectivity index (χ3v) is 3.03. The number of carbonyl (C=O) groups is 1. The molecule has 1 aromatic carbocycles. The topological polar surface area (TPSA) is 72.9 Å². The van der Waals surface area contributed by atoms with Crippen molar-refractivity contribution < 1.29 is 4.79 Å². The van der Waals surface area contributed by atoms with Gasteiger partial charge in [0, 0.05) is 31.0 Å². The van der Waals surface area contributed by atoms with E-state index in [4.69, 9.17) is 17.3 Å². The summed E-state index contributed by atoms with van der Waals surface area (Å²) in [5, 5.41) is 3.23. The summed E-state index contributed by atoms with van der Waals surface area (Å²) in [5.74, 6) is -0.146. The molecule has 0 aliphatic heterocycles. The molecular weight excluding hydrogens is 264 g/mol. The Morgan fingerprint density at radius 2 is 2.32 bits per heavy atom. The smallest absolute Gasteiger partial charge is 0.251 e. The van der Waals surface area contributed by atoms with Crippen molar-refractivity contribution >= 4 is 23.2 Å². The Morgan fingerprint density at radius 3 is 3.00 bits per heavy atom. The minimum Gasteiger partial charge on any atom is -0.398 e. The fraction of sp³-hybridized carbons (Fsp3) is 0.231. The largest absolute Gasteiger partial charge is 0.398 e. The number of hydrogen-bond acceptors (Lipinski definition) is 3. The Morgan fingerprint density at radius 1 is 1.47 bits per heavy atom. The van der Waals surface area contributed by atoms with E-state index in [9.17, 15) is 4.79 Å². The lowest BCUT2D eigenvalue weighted by Crippen LogP contribution is -2.25. The van der Waals surface area contributed by atoms with Gasteiger partial charge in [-0.3, -0.25) is 4.79 Å². The molecule has 100 valence electrons. The fourth-order valence-electron chi connectivity index (χ4n) is 1.65. The second-order valence-corrected chi connectivity index (χ2v) is 4.55. The second kappa shape index (κ2) is 6.24. The highest BCUT2D eigenvalue weighted by atomic mass is 35.5. The summed E-state index contributed by atoms with van der Waals surface area (Å²) in [7, 11) is 0. The molecule has 0 spiro atoms. The van der Waals surface area contributed by atoms with Crippen LogP contribution in [0.4, 0.5) is 5.69 Å². The number of nitrogens with zero attached hydrogens (tertiary/aromatic N) is 2. The molecule has 0 aliphatic carbocycles. The Bertz CT molecular complexity index is 554. The van der Waals surface area contributed by atoms with Gasteiger partial charge in [-0.1, -0.05) is 11.6 Å². The van der Waals surface area contributed by atoms with Crippen LogP contribution in [0.15, 0.2) is 36.9 Å². The van der Waals surface area contributed by atoms with Crippen LogP contribution in [-0.2, 0) is 6.54 Å². The maximum Gasteiger partial charge on any atom is 0.251 e. The Balaban J connectivity index is 1.79. The Labute approximate surface area is 116 Å². The summed E-state index contributed by atoms with van der Waals surface area (Å²) < 4.78 is 1.96. The predicted molar refractivity (Wildman–Crippen MR) is 75.0 cm³/mol. The number of aryl methyl sites for hydroxylation is 1. The molecule has 2 aromatic rings. The molecule has 0 fully saturated rings. The van der Waals surface area contributed by atoms with Gasteiger partial charge in [-0.2, -0.15) is 0 Å². The number of carbonyl (C=O) groups excluding carboxylic acids is 1. The van der Waals surface area contributed by atoms with E-state index in [2.05, 4.69) is 10.3 Å². The minimum atomic E-state index is -0.146. The van der Waals surface area contributed by atoms with Crippen molar-refractivity contribution in [2.75, 3.05) is 12.3 Å². The number of nitrogens with two attached hydrogens (primary N) is 1. The lowest BCUT2D eigenvalue weighted by atomic mass is 10.2. The molecular formula is C13H15ClN4O. The maximum atomic E-state index is 11.8. The van der Waals surface area contributed by atoms with Crippen molar-refractivity contribution in [3.05, 3.63) is 47.5 Å². The number of aromatic nitrogens is 2. The van der Waals surface area contributed by atoms with Gasteiger partial charge >= 0.3 is 0 Å². The van der Waals surface area contributed by atoms with Crippen LogP contribution in [0.5, 0.6) is 0 Å². The third kappa shape index (κ3) is 3.72. The van der Waals surface area contributed by atoms with E-state index in [0.29, 0.717) is 22.8 Å². The molecule has 0 saturated carbocycles. The quantitative estimate of drug-likeness (QED) is 0.648. The number of nitrogen functional groups attached to an aromatic ring is 1. The molecule has 0 atom stereocenters. The maximum absolute atomic E-state index is 11.8. The zero-order valence-corrected chi connectivity index (χ0v) is 11.1. The lowest BCUT2D eigenvalue weighted by Gasteiger charge is -2.07. The van der Waals surface area contributed by atoms with E-state index in [1.54, 1.807) is 30.7 Å². The van der Waals surface area contributed by atoms with E-state index in [1.807, 2.05) is 10.8 Å². The molecule has 2 rings (SSSR count). The summed E-state index contributed by atoms with van der Waals surface area (Å²) in [5.41, 5.74) is 6.58. The third-order valence-electron chi connectivity index (χ3n) is 2.70. The van der Waals surface area contributed by atoms with Crippen LogP contribution >= 0.6 is 11.6 Å². The first-order valence-electron chi connectivity index (χ1n) is 5.96. The Hall–Kier alpha value is -2.01. The summed E-state index contributed by atoms with van der Waals surface area (Å²) in [4.78, 5) is 15.8. The van der Waals surface area contributed by atoms with Gasteiger partial charge < -0.3 is 15.6 Å². The standard InChI is InChI=1S/C13H15ClN4O/c14-11-8-10(2-3-12(11)15)13(19)17-4-1-6-18-7-5-16-9-18/h2-3,5,7-9H,1,4,6,15H2,(H,17,19). The number of halogens is 1. The van der Waals surface area contributed by atoms with Crippen molar-refractivity contribution in [3.8, 4) is 0 Å². The van der Waals surface area contributed by atoms with Crippen LogP contribution in [0.1, 0.15) is 16.8 Å². The van der Waals surface area contributed by atoms with E-state index < -0.39 is 0 Å². The number of anilines is 1. The molecule has 1 heterocycles. The molecule has 6 heteroatoms. The highest BCUT2D eigenvalue weighted by molar-refractivity contribution is 6.33. The summed E-state index contributed by atoms with van der Waals surface area (Å²) in [6.45, 7) is 1.42. The zero-order chi connectivity index (χ0) is 13.7. The molecule has 1 amide bonds. The normalized spacial score (nSPS) is 10.4. The summed E-state index contributed by atoms with van der Waals surface area (Å²) >= 11 is 5.87. The average molecular weight is 279 g/mol. The first kappa shape index (κ1) is 13.4. The zero-order valence-electron chi connectivity index (χ0n) is 10.3. The summed E-state index contributed by atoms with van der Waals surface area (Å²) in [6.07, 6.45) is 6.21. The average Bonchev–Trinajstić information content (AvgIpc) is 2.91. The van der Waals surface area contributed by atoms with Gasteiger partial charge in [0.25, 0.3) is 5.91 Å². The van der Waals surface area contributed by atoms with Gasteiger partial charge in [-0.15, -0.1) is 0 Å². The van der Waals surface area contributed by atoms with Gasteiger partial charge in [-0.05, 0) is 24.6 Å². The van der Waals surface area contributed by atoms with Crippen LogP contribution in [0.2, 0.25) is 5.02 Å². The lowest BCUT2D eigenvalue weighted by molar-refractivity contribution is 0.0953. The molecule has 19 heavy (non-hydrogen) atoms. The predicted octanol–water partition coefficient (Wildman–Crippen LogP) is 1.94. The minimum absolute atomic E-state index is 0.146. The van der Waals surface area contributed by atoms with E-state index in [0.717, 1.165) is 13.0 Å². The number of imidazole rings is 1. The first-order chi connectivity index (χ1) is 9.16. The van der Waals surface area contributed by atoms with E-state index >= 15 is 0 Å². The SMILES string of the molecule is Nc1ccc(C(=O)NCCCn2ccnc2)cc1Cl. The number of amides is 1. The molecule has 5 nitrogen and oxygen atoms in total. The second-order valence-electron chi connectivity index (χ2n) is 4.15. The van der Waals surface area contributed by atoms with Crippen molar-refractivity contribution in [2.24, 2.45) is 0 Å².